The molecule has 4 heteroatoms. The Morgan fingerprint density at radius 2 is 1.93 bits per heavy atom. The minimum absolute atomic E-state index is 0. The van der Waals surface area contributed by atoms with Gasteiger partial charge in [-0.25, -0.2) is 0 Å². The lowest BCUT2D eigenvalue weighted by Gasteiger charge is -2.27. The van der Waals surface area contributed by atoms with Gasteiger partial charge in [-0.05, 0) is 31.8 Å². The minimum Gasteiger partial charge on any atom is -0.345 e. The second kappa shape index (κ2) is 7.07. The largest absolute Gasteiger partial charge is 0.345 e. The van der Waals surface area contributed by atoms with Gasteiger partial charge in [0.05, 0.1) is 0 Å². The second-order valence-corrected chi connectivity index (χ2v) is 4.64. The predicted octanol–water partition coefficient (Wildman–Crippen LogP) is 1.52. The molecule has 1 aliphatic rings. The number of carbonyl (C=O) groups is 1. The van der Waals surface area contributed by atoms with Crippen LogP contribution in [0.2, 0.25) is 0 Å². The van der Waals surface area contributed by atoms with Crippen LogP contribution in [0.25, 0.3) is 0 Å². The Bertz CT molecular complexity index is 191. The van der Waals surface area contributed by atoms with Crippen LogP contribution in [0.5, 0.6) is 0 Å². The number of nitrogens with zero attached hydrogens (tertiary/aromatic N) is 1. The number of nitrogens with one attached hydrogen (secondary N) is 1. The lowest BCUT2D eigenvalue weighted by Crippen LogP contribution is -2.40. The molecule has 0 bridgehead atoms. The summed E-state index contributed by atoms with van der Waals surface area (Å²) in [7, 11) is 1.92. The first-order chi connectivity index (χ1) is 6.61. The van der Waals surface area contributed by atoms with Crippen molar-refractivity contribution in [2.45, 2.75) is 26.7 Å². The van der Waals surface area contributed by atoms with Crippen LogP contribution >= 0.6 is 12.4 Å². The van der Waals surface area contributed by atoms with Crippen molar-refractivity contribution in [3.05, 3.63) is 0 Å². The van der Waals surface area contributed by atoms with E-state index < -0.39 is 0 Å². The maximum atomic E-state index is 11.9. The van der Waals surface area contributed by atoms with Crippen LogP contribution in [-0.2, 0) is 4.79 Å². The minimum atomic E-state index is 0. The van der Waals surface area contributed by atoms with E-state index in [9.17, 15) is 4.79 Å². The first-order valence-electron chi connectivity index (χ1n) is 5.57. The SMILES string of the molecule is CC(C)CN(C)C(=O)C1CCNCC1.Cl. The first-order valence-corrected chi connectivity index (χ1v) is 5.57. The van der Waals surface area contributed by atoms with Gasteiger partial charge in [-0.3, -0.25) is 4.79 Å². The molecule has 0 aromatic rings. The molecular formula is C11H23ClN2O. The molecule has 3 nitrogen and oxygen atoms in total. The van der Waals surface area contributed by atoms with E-state index in [0.717, 1.165) is 32.5 Å². The number of amides is 1. The summed E-state index contributed by atoms with van der Waals surface area (Å²) in [6.07, 6.45) is 2.00. The molecular weight excluding hydrogens is 212 g/mol. The monoisotopic (exact) mass is 234 g/mol. The van der Waals surface area contributed by atoms with Crippen LogP contribution in [0, 0.1) is 11.8 Å². The molecule has 0 aromatic heterocycles. The van der Waals surface area contributed by atoms with Crippen LogP contribution < -0.4 is 5.32 Å². The fourth-order valence-electron chi connectivity index (χ4n) is 2.02. The molecule has 15 heavy (non-hydrogen) atoms. The van der Waals surface area contributed by atoms with Gasteiger partial charge < -0.3 is 10.2 Å². The molecule has 1 fully saturated rings. The highest BCUT2D eigenvalue weighted by molar-refractivity contribution is 5.85. The van der Waals surface area contributed by atoms with E-state index in [1.807, 2.05) is 11.9 Å². The van der Waals surface area contributed by atoms with E-state index in [-0.39, 0.29) is 18.3 Å². The third kappa shape index (κ3) is 4.85. The molecule has 0 aromatic carbocycles. The van der Waals surface area contributed by atoms with Crippen molar-refractivity contribution >= 4 is 18.3 Å². The number of hydrogen-bond acceptors (Lipinski definition) is 2. The maximum absolute atomic E-state index is 11.9. The summed E-state index contributed by atoms with van der Waals surface area (Å²) in [5.74, 6) is 1.16. The summed E-state index contributed by atoms with van der Waals surface area (Å²) < 4.78 is 0. The second-order valence-electron chi connectivity index (χ2n) is 4.64. The van der Waals surface area contributed by atoms with Crippen molar-refractivity contribution in [2.75, 3.05) is 26.7 Å². The lowest BCUT2D eigenvalue weighted by molar-refractivity contribution is -0.135. The van der Waals surface area contributed by atoms with Crippen LogP contribution in [0.1, 0.15) is 26.7 Å². The molecule has 1 aliphatic heterocycles. The molecule has 90 valence electrons. The summed E-state index contributed by atoms with van der Waals surface area (Å²) in [6.45, 7) is 7.15. The molecule has 0 saturated carbocycles. The summed E-state index contributed by atoms with van der Waals surface area (Å²) in [4.78, 5) is 13.8. The summed E-state index contributed by atoms with van der Waals surface area (Å²) in [6, 6.07) is 0. The van der Waals surface area contributed by atoms with E-state index in [0.29, 0.717) is 11.8 Å². The summed E-state index contributed by atoms with van der Waals surface area (Å²) in [5, 5.41) is 3.28. The quantitative estimate of drug-likeness (QED) is 0.803. The third-order valence-corrected chi connectivity index (χ3v) is 2.70. The molecule has 1 amide bonds. The normalized spacial score (nSPS) is 17.3. The Balaban J connectivity index is 0.00000196. The van der Waals surface area contributed by atoms with Crippen molar-refractivity contribution in [1.82, 2.24) is 10.2 Å². The third-order valence-electron chi connectivity index (χ3n) is 2.70. The Kier molecular flexibility index (Phi) is 6.94. The van der Waals surface area contributed by atoms with Crippen molar-refractivity contribution in [3.8, 4) is 0 Å². The highest BCUT2D eigenvalue weighted by Gasteiger charge is 2.23. The van der Waals surface area contributed by atoms with Gasteiger partial charge in [0.15, 0.2) is 0 Å². The Morgan fingerprint density at radius 1 is 1.40 bits per heavy atom. The van der Waals surface area contributed by atoms with Crippen LogP contribution in [0.15, 0.2) is 0 Å². The summed E-state index contributed by atoms with van der Waals surface area (Å²) in [5.41, 5.74) is 0. The van der Waals surface area contributed by atoms with Gasteiger partial charge >= 0.3 is 0 Å². The number of hydrogen-bond donors (Lipinski definition) is 1. The molecule has 0 atom stereocenters. The zero-order chi connectivity index (χ0) is 10.6. The first kappa shape index (κ1) is 14.7. The van der Waals surface area contributed by atoms with E-state index in [2.05, 4.69) is 19.2 Å². The van der Waals surface area contributed by atoms with Crippen molar-refractivity contribution < 1.29 is 4.79 Å². The highest BCUT2D eigenvalue weighted by atomic mass is 35.5. The molecule has 1 rings (SSSR count). The molecule has 1 N–H and O–H groups in total. The summed E-state index contributed by atoms with van der Waals surface area (Å²) >= 11 is 0. The van der Waals surface area contributed by atoms with Crippen molar-refractivity contribution in [2.24, 2.45) is 11.8 Å². The number of halogens is 1. The van der Waals surface area contributed by atoms with Gasteiger partial charge in [-0.1, -0.05) is 13.8 Å². The van der Waals surface area contributed by atoms with Crippen molar-refractivity contribution in [1.29, 1.82) is 0 Å². The highest BCUT2D eigenvalue weighted by Crippen LogP contribution is 2.14. The fraction of sp³-hybridized carbons (Fsp3) is 0.909. The van der Waals surface area contributed by atoms with Gasteiger partial charge in [0.25, 0.3) is 0 Å². The number of rotatable bonds is 3. The number of piperidine rings is 1. The van der Waals surface area contributed by atoms with E-state index in [1.54, 1.807) is 0 Å². The topological polar surface area (TPSA) is 32.3 Å². The molecule has 1 heterocycles. The van der Waals surface area contributed by atoms with Gasteiger partial charge in [0.1, 0.15) is 0 Å². The predicted molar refractivity (Wildman–Crippen MR) is 65.3 cm³/mol. The molecule has 0 unspecified atom stereocenters. The molecule has 0 spiro atoms. The smallest absolute Gasteiger partial charge is 0.225 e. The molecule has 0 radical (unpaired) electrons. The zero-order valence-corrected chi connectivity index (χ0v) is 10.8. The van der Waals surface area contributed by atoms with Crippen molar-refractivity contribution in [3.63, 3.8) is 0 Å². The number of carbonyl (C=O) groups excluding carboxylic acids is 1. The maximum Gasteiger partial charge on any atom is 0.225 e. The standard InChI is InChI=1S/C11H22N2O.ClH/c1-9(2)8-13(3)11(14)10-4-6-12-7-5-10;/h9-10,12H,4-8H2,1-3H3;1H. The average Bonchev–Trinajstić information content (AvgIpc) is 2.17. The van der Waals surface area contributed by atoms with Gasteiger partial charge in [-0.15, -0.1) is 12.4 Å². The van der Waals surface area contributed by atoms with Gasteiger partial charge in [-0.2, -0.15) is 0 Å². The van der Waals surface area contributed by atoms with E-state index in [1.165, 1.54) is 0 Å². The lowest BCUT2D eigenvalue weighted by atomic mass is 9.96. The van der Waals surface area contributed by atoms with E-state index >= 15 is 0 Å². The average molecular weight is 235 g/mol. The van der Waals surface area contributed by atoms with Gasteiger partial charge in [0, 0.05) is 19.5 Å². The van der Waals surface area contributed by atoms with E-state index in [4.69, 9.17) is 0 Å². The van der Waals surface area contributed by atoms with Crippen LogP contribution in [0.3, 0.4) is 0 Å². The van der Waals surface area contributed by atoms with Gasteiger partial charge in [0.2, 0.25) is 5.91 Å². The Morgan fingerprint density at radius 3 is 2.40 bits per heavy atom. The van der Waals surface area contributed by atoms with Crippen LogP contribution in [0.4, 0.5) is 0 Å². The molecule has 1 saturated heterocycles. The Hall–Kier alpha value is -0.280. The fourth-order valence-corrected chi connectivity index (χ4v) is 2.02. The Labute approximate surface area is 99.0 Å². The zero-order valence-electron chi connectivity index (χ0n) is 9.95. The molecule has 0 aliphatic carbocycles. The van der Waals surface area contributed by atoms with Crippen LogP contribution in [-0.4, -0.2) is 37.5 Å².